The molecule has 4 nitrogen and oxygen atoms in total. The summed E-state index contributed by atoms with van der Waals surface area (Å²) in [6, 6.07) is 12.1. The molecule has 0 aromatic heterocycles. The quantitative estimate of drug-likeness (QED) is 0.839. The maximum Gasteiger partial charge on any atom is 0.188 e. The Morgan fingerprint density at radius 2 is 2.04 bits per heavy atom. The van der Waals surface area contributed by atoms with Gasteiger partial charge in [0.25, 0.3) is 0 Å². The summed E-state index contributed by atoms with van der Waals surface area (Å²) >= 11 is 5.57. The van der Waals surface area contributed by atoms with Crippen LogP contribution in [0.4, 0.5) is 10.1 Å². The molecule has 1 fully saturated rings. The minimum Gasteiger partial charge on any atom is -0.493 e. The number of thiocarbonyl (C=S) groups is 1. The lowest BCUT2D eigenvalue weighted by Crippen LogP contribution is -2.65. The Hall–Kier alpha value is -2.34. The van der Waals surface area contributed by atoms with Crippen molar-refractivity contribution >= 4 is 23.0 Å². The number of benzene rings is 2. The molecule has 0 radical (unpaired) electrons. The van der Waals surface area contributed by atoms with Crippen molar-refractivity contribution in [3.05, 3.63) is 53.8 Å². The normalized spacial score (nSPS) is 24.7. The topological polar surface area (TPSA) is 33.7 Å². The number of para-hydroxylation sites is 1. The Morgan fingerprint density at radius 1 is 1.29 bits per heavy atom. The molecule has 1 N–H and O–H groups in total. The Balaban J connectivity index is 1.81. The van der Waals surface area contributed by atoms with Crippen LogP contribution in [0.3, 0.4) is 0 Å². The number of hydrogen-bond acceptors (Lipinski definition) is 3. The number of rotatable bonds is 2. The molecule has 2 aromatic carbocycles. The highest BCUT2D eigenvalue weighted by Gasteiger charge is 2.49. The summed E-state index contributed by atoms with van der Waals surface area (Å²) in [6.07, 6.45) is 0.713. The first kappa shape index (κ1) is 15.2. The number of hydrogen-bond donors (Lipinski definition) is 1. The lowest BCUT2D eigenvalue weighted by atomic mass is 9.90. The Morgan fingerprint density at radius 3 is 2.75 bits per heavy atom. The monoisotopic (exact) mass is 344 g/mol. The van der Waals surface area contributed by atoms with Crippen LogP contribution in [0.25, 0.3) is 0 Å². The number of halogens is 1. The fourth-order valence-corrected chi connectivity index (χ4v) is 3.94. The standard InChI is InChI=1S/C18H17FN2O2S/c1-18-10-14(13-4-3-5-15(22-2)16(13)23-18)20-17(24)21(18)12-8-6-11(19)7-9-12/h3-9,14H,10H2,1-2H3,(H,20,24)/t14-,18-/m0/s1. The van der Waals surface area contributed by atoms with Gasteiger partial charge in [-0.2, -0.15) is 0 Å². The van der Waals surface area contributed by atoms with Crippen molar-refractivity contribution in [2.24, 2.45) is 0 Å². The van der Waals surface area contributed by atoms with E-state index in [4.69, 9.17) is 21.7 Å². The zero-order chi connectivity index (χ0) is 16.9. The molecule has 1 saturated heterocycles. The van der Waals surface area contributed by atoms with Crippen LogP contribution in [0.5, 0.6) is 11.5 Å². The summed E-state index contributed by atoms with van der Waals surface area (Å²) in [7, 11) is 1.63. The van der Waals surface area contributed by atoms with Gasteiger partial charge in [-0.15, -0.1) is 0 Å². The van der Waals surface area contributed by atoms with E-state index in [1.807, 2.05) is 30.0 Å². The molecule has 0 unspecified atom stereocenters. The van der Waals surface area contributed by atoms with Gasteiger partial charge in [0, 0.05) is 17.7 Å². The number of methoxy groups -OCH3 is 1. The fraction of sp³-hybridized carbons (Fsp3) is 0.278. The number of nitrogens with one attached hydrogen (secondary N) is 1. The van der Waals surface area contributed by atoms with Gasteiger partial charge >= 0.3 is 0 Å². The molecule has 0 amide bonds. The molecule has 2 aliphatic heterocycles. The van der Waals surface area contributed by atoms with Crippen LogP contribution in [-0.4, -0.2) is 17.9 Å². The zero-order valence-corrected chi connectivity index (χ0v) is 14.2. The summed E-state index contributed by atoms with van der Waals surface area (Å²) in [5.74, 6) is 1.13. The Labute approximate surface area is 145 Å². The van der Waals surface area contributed by atoms with Gasteiger partial charge in [-0.25, -0.2) is 4.39 Å². The van der Waals surface area contributed by atoms with E-state index in [2.05, 4.69) is 5.32 Å². The van der Waals surface area contributed by atoms with Gasteiger partial charge in [-0.1, -0.05) is 12.1 Å². The van der Waals surface area contributed by atoms with Crippen LogP contribution >= 0.6 is 12.2 Å². The summed E-state index contributed by atoms with van der Waals surface area (Å²) in [4.78, 5) is 1.90. The van der Waals surface area contributed by atoms with E-state index >= 15 is 0 Å². The summed E-state index contributed by atoms with van der Waals surface area (Å²) in [5.41, 5.74) is 1.15. The lowest BCUT2D eigenvalue weighted by Gasteiger charge is -2.52. The second kappa shape index (κ2) is 5.34. The van der Waals surface area contributed by atoms with Crippen molar-refractivity contribution in [2.75, 3.05) is 12.0 Å². The lowest BCUT2D eigenvalue weighted by molar-refractivity contribution is 0.0464. The highest BCUT2D eigenvalue weighted by Crippen LogP contribution is 2.48. The molecule has 2 aliphatic rings. The second-order valence-corrected chi connectivity index (χ2v) is 6.56. The average molecular weight is 344 g/mol. The van der Waals surface area contributed by atoms with E-state index in [9.17, 15) is 4.39 Å². The molecule has 24 heavy (non-hydrogen) atoms. The van der Waals surface area contributed by atoms with Crippen molar-refractivity contribution < 1.29 is 13.9 Å². The van der Waals surface area contributed by atoms with Crippen molar-refractivity contribution in [1.82, 2.24) is 5.32 Å². The third kappa shape index (κ3) is 2.21. The van der Waals surface area contributed by atoms with E-state index in [0.29, 0.717) is 17.3 Å². The third-order valence-corrected chi connectivity index (χ3v) is 4.87. The molecule has 6 heteroatoms. The van der Waals surface area contributed by atoms with Crippen molar-refractivity contribution in [2.45, 2.75) is 25.1 Å². The van der Waals surface area contributed by atoms with E-state index in [0.717, 1.165) is 17.0 Å². The van der Waals surface area contributed by atoms with Gasteiger partial charge in [-0.3, -0.25) is 4.90 Å². The van der Waals surface area contributed by atoms with Gasteiger partial charge in [-0.05, 0) is 49.5 Å². The minimum atomic E-state index is -0.674. The van der Waals surface area contributed by atoms with Crippen LogP contribution in [0.1, 0.15) is 24.9 Å². The molecule has 0 aliphatic carbocycles. The van der Waals surface area contributed by atoms with Crippen molar-refractivity contribution in [3.63, 3.8) is 0 Å². The molecule has 124 valence electrons. The van der Waals surface area contributed by atoms with Gasteiger partial charge in [0.15, 0.2) is 22.3 Å². The van der Waals surface area contributed by atoms with Crippen LogP contribution in [0.2, 0.25) is 0 Å². The summed E-state index contributed by atoms with van der Waals surface area (Å²) in [5, 5.41) is 3.94. The van der Waals surface area contributed by atoms with Gasteiger partial charge in [0.05, 0.1) is 13.2 Å². The molecule has 0 spiro atoms. The zero-order valence-electron chi connectivity index (χ0n) is 13.4. The summed E-state index contributed by atoms with van der Waals surface area (Å²) in [6.45, 7) is 1.99. The first-order chi connectivity index (χ1) is 11.5. The predicted octanol–water partition coefficient (Wildman–Crippen LogP) is 3.77. The predicted molar refractivity (Wildman–Crippen MR) is 94.0 cm³/mol. The van der Waals surface area contributed by atoms with Crippen molar-refractivity contribution in [3.8, 4) is 11.5 Å². The third-order valence-electron chi connectivity index (χ3n) is 4.57. The van der Waals surface area contributed by atoms with Gasteiger partial charge < -0.3 is 14.8 Å². The fourth-order valence-electron chi connectivity index (χ4n) is 3.50. The maximum absolute atomic E-state index is 13.3. The molecule has 2 atom stereocenters. The van der Waals surface area contributed by atoms with Crippen LogP contribution in [0.15, 0.2) is 42.5 Å². The molecule has 4 rings (SSSR count). The summed E-state index contributed by atoms with van der Waals surface area (Å²) < 4.78 is 25.1. The Kier molecular flexibility index (Phi) is 3.38. The van der Waals surface area contributed by atoms with Crippen molar-refractivity contribution in [1.29, 1.82) is 0 Å². The van der Waals surface area contributed by atoms with Gasteiger partial charge in [0.2, 0.25) is 0 Å². The number of anilines is 1. The SMILES string of the molecule is COc1cccc2c1O[C@@]1(C)C[C@@H]2NC(=S)N1c1ccc(F)cc1. The minimum absolute atomic E-state index is 0.0537. The number of nitrogens with zero attached hydrogens (tertiary/aromatic N) is 1. The molecular formula is C18H17FN2O2S. The maximum atomic E-state index is 13.3. The first-order valence-corrected chi connectivity index (χ1v) is 8.15. The number of ether oxygens (including phenoxy) is 2. The van der Waals surface area contributed by atoms with Gasteiger partial charge in [0.1, 0.15) is 5.82 Å². The Bertz CT molecular complexity index is 811. The second-order valence-electron chi connectivity index (χ2n) is 6.17. The average Bonchev–Trinajstić information content (AvgIpc) is 2.55. The molecule has 2 heterocycles. The molecule has 2 aromatic rings. The van der Waals surface area contributed by atoms with E-state index < -0.39 is 5.72 Å². The molecular weight excluding hydrogens is 327 g/mol. The highest BCUT2D eigenvalue weighted by atomic mass is 32.1. The largest absolute Gasteiger partial charge is 0.493 e. The molecule has 0 saturated carbocycles. The first-order valence-electron chi connectivity index (χ1n) is 7.74. The van der Waals surface area contributed by atoms with E-state index in [1.54, 1.807) is 19.2 Å². The van der Waals surface area contributed by atoms with Crippen LogP contribution in [0, 0.1) is 5.82 Å². The number of fused-ring (bicyclic) bond motifs is 4. The van der Waals surface area contributed by atoms with Crippen LogP contribution < -0.4 is 19.7 Å². The van der Waals surface area contributed by atoms with E-state index in [-0.39, 0.29) is 11.9 Å². The smallest absolute Gasteiger partial charge is 0.188 e. The van der Waals surface area contributed by atoms with E-state index in [1.165, 1.54) is 12.1 Å². The molecule has 2 bridgehead atoms. The van der Waals surface area contributed by atoms with Crippen LogP contribution in [-0.2, 0) is 0 Å². The highest BCUT2D eigenvalue weighted by molar-refractivity contribution is 7.80.